The molecule has 0 spiro atoms. The second kappa shape index (κ2) is 10.9. The van der Waals surface area contributed by atoms with Crippen molar-refractivity contribution in [2.24, 2.45) is 5.73 Å². The zero-order chi connectivity index (χ0) is 10.6. The van der Waals surface area contributed by atoms with Crippen molar-refractivity contribution in [2.45, 2.75) is 0 Å². The average Bonchev–Trinajstić information content (AvgIpc) is 2.21. The number of hydrogen-bond donors (Lipinski definition) is 2. The number of ether oxygens (including phenoxy) is 2. The summed E-state index contributed by atoms with van der Waals surface area (Å²) in [5.41, 5.74) is 5.22. The number of rotatable bonds is 9. The fraction of sp³-hybridized carbons (Fsp3) is 0.875. The molecular formula is C8H19N2O3P. The fourth-order valence-corrected chi connectivity index (χ4v) is 0.884. The third-order valence-electron chi connectivity index (χ3n) is 1.39. The minimum Gasteiger partial charge on any atom is -0.378 e. The molecule has 6 heteroatoms. The van der Waals surface area contributed by atoms with Gasteiger partial charge in [0.05, 0.1) is 26.4 Å². The molecule has 0 saturated carbocycles. The Morgan fingerprint density at radius 2 is 1.86 bits per heavy atom. The molecule has 1 amide bonds. The molecule has 0 aliphatic heterocycles. The molecule has 0 aromatic rings. The molecular weight excluding hydrogens is 203 g/mol. The summed E-state index contributed by atoms with van der Waals surface area (Å²) in [6, 6.07) is 0. The van der Waals surface area contributed by atoms with Crippen LogP contribution in [0.3, 0.4) is 0 Å². The van der Waals surface area contributed by atoms with Crippen LogP contribution in [0, 0.1) is 0 Å². The highest BCUT2D eigenvalue weighted by atomic mass is 31.0. The third kappa shape index (κ3) is 9.86. The van der Waals surface area contributed by atoms with E-state index in [0.29, 0.717) is 45.7 Å². The largest absolute Gasteiger partial charge is 0.378 e. The maximum atomic E-state index is 10.8. The molecule has 0 bridgehead atoms. The van der Waals surface area contributed by atoms with E-state index in [0.717, 1.165) is 0 Å². The Hall–Kier alpha value is -0.220. The zero-order valence-corrected chi connectivity index (χ0v) is 9.48. The van der Waals surface area contributed by atoms with Gasteiger partial charge < -0.3 is 20.5 Å². The lowest BCUT2D eigenvalue weighted by atomic mass is 10.6. The quantitative estimate of drug-likeness (QED) is 0.386. The maximum Gasteiger partial charge on any atom is 0.223 e. The predicted molar refractivity (Wildman–Crippen MR) is 58.3 cm³/mol. The van der Waals surface area contributed by atoms with Gasteiger partial charge >= 0.3 is 0 Å². The van der Waals surface area contributed by atoms with Gasteiger partial charge in [-0.1, -0.05) is 0 Å². The Morgan fingerprint density at radius 3 is 2.43 bits per heavy atom. The maximum absolute atomic E-state index is 10.8. The molecule has 14 heavy (non-hydrogen) atoms. The van der Waals surface area contributed by atoms with Crippen LogP contribution in [0.1, 0.15) is 0 Å². The van der Waals surface area contributed by atoms with Crippen molar-refractivity contribution in [1.29, 1.82) is 0 Å². The van der Waals surface area contributed by atoms with E-state index >= 15 is 0 Å². The molecule has 3 N–H and O–H groups in total. The molecule has 0 aliphatic carbocycles. The highest BCUT2D eigenvalue weighted by molar-refractivity contribution is 7.18. The Kier molecular flexibility index (Phi) is 10.7. The van der Waals surface area contributed by atoms with Gasteiger partial charge in [-0.2, -0.15) is 0 Å². The van der Waals surface area contributed by atoms with Crippen LogP contribution < -0.4 is 11.1 Å². The van der Waals surface area contributed by atoms with Crippen LogP contribution in [-0.2, 0) is 14.3 Å². The molecule has 5 nitrogen and oxygen atoms in total. The van der Waals surface area contributed by atoms with Crippen LogP contribution in [0.5, 0.6) is 0 Å². The van der Waals surface area contributed by atoms with Gasteiger partial charge in [0, 0.05) is 19.3 Å². The third-order valence-corrected chi connectivity index (χ3v) is 1.76. The first-order valence-corrected chi connectivity index (χ1v) is 5.45. The van der Waals surface area contributed by atoms with Crippen molar-refractivity contribution in [3.05, 3.63) is 0 Å². The van der Waals surface area contributed by atoms with Crippen LogP contribution in [0.2, 0.25) is 0 Å². The number of carbonyl (C=O) groups excluding carboxylic acids is 1. The topological polar surface area (TPSA) is 73.6 Å². The van der Waals surface area contributed by atoms with E-state index in [4.69, 9.17) is 15.2 Å². The molecule has 0 radical (unpaired) electrons. The van der Waals surface area contributed by atoms with Gasteiger partial charge in [0.1, 0.15) is 0 Å². The highest BCUT2D eigenvalue weighted by Crippen LogP contribution is 1.80. The zero-order valence-electron chi connectivity index (χ0n) is 8.33. The second-order valence-corrected chi connectivity index (χ2v) is 2.98. The molecule has 0 heterocycles. The van der Waals surface area contributed by atoms with Crippen molar-refractivity contribution in [3.8, 4) is 0 Å². The Balaban J connectivity index is 2.95. The number of hydrogen-bond acceptors (Lipinski definition) is 4. The number of nitrogens with two attached hydrogens (primary N) is 1. The first-order valence-electron chi connectivity index (χ1n) is 4.63. The minimum atomic E-state index is 0.0120. The van der Waals surface area contributed by atoms with Crippen molar-refractivity contribution >= 4 is 15.1 Å². The van der Waals surface area contributed by atoms with Crippen molar-refractivity contribution in [1.82, 2.24) is 5.32 Å². The predicted octanol–water partition coefficient (Wildman–Crippen LogP) is -1.03. The van der Waals surface area contributed by atoms with E-state index in [1.54, 1.807) is 0 Å². The van der Waals surface area contributed by atoms with Crippen molar-refractivity contribution in [3.63, 3.8) is 0 Å². The smallest absolute Gasteiger partial charge is 0.223 e. The average molecular weight is 222 g/mol. The highest BCUT2D eigenvalue weighted by Gasteiger charge is 1.94. The Morgan fingerprint density at radius 1 is 1.21 bits per heavy atom. The van der Waals surface area contributed by atoms with Crippen LogP contribution in [0.25, 0.3) is 0 Å². The molecule has 0 rings (SSSR count). The minimum absolute atomic E-state index is 0.0120. The van der Waals surface area contributed by atoms with Gasteiger partial charge in [0.15, 0.2) is 0 Å². The fourth-order valence-electron chi connectivity index (χ4n) is 0.740. The summed E-state index contributed by atoms with van der Waals surface area (Å²) >= 11 is 0. The lowest BCUT2D eigenvalue weighted by Crippen LogP contribution is -2.28. The monoisotopic (exact) mass is 222 g/mol. The van der Waals surface area contributed by atoms with Crippen LogP contribution in [-0.4, -0.2) is 51.6 Å². The molecule has 0 aromatic heterocycles. The van der Waals surface area contributed by atoms with Gasteiger partial charge in [-0.25, -0.2) is 0 Å². The summed E-state index contributed by atoms with van der Waals surface area (Å²) in [5, 5.41) is 2.69. The standard InChI is InChI=1S/C8H19N2O3P/c9-1-3-12-5-6-13-4-2-10-8(11)7-14/h1-7,9,14H2,(H,10,11). The first-order chi connectivity index (χ1) is 6.81. The van der Waals surface area contributed by atoms with E-state index in [-0.39, 0.29) is 5.91 Å². The van der Waals surface area contributed by atoms with Gasteiger partial charge in [-0.15, -0.1) is 9.24 Å². The normalized spacial score (nSPS) is 10.1. The Labute approximate surface area is 86.9 Å². The SMILES string of the molecule is NCCOCCOCCNC(=O)CP. The number of nitrogens with one attached hydrogen (secondary N) is 1. The molecule has 1 atom stereocenters. The van der Waals surface area contributed by atoms with Crippen LogP contribution in [0.4, 0.5) is 0 Å². The second-order valence-electron chi connectivity index (χ2n) is 2.57. The van der Waals surface area contributed by atoms with Gasteiger partial charge in [0.2, 0.25) is 5.91 Å². The summed E-state index contributed by atoms with van der Waals surface area (Å²) in [4.78, 5) is 10.8. The molecule has 84 valence electrons. The van der Waals surface area contributed by atoms with Crippen LogP contribution in [0.15, 0.2) is 0 Å². The van der Waals surface area contributed by atoms with E-state index in [2.05, 4.69) is 14.6 Å². The van der Waals surface area contributed by atoms with E-state index in [9.17, 15) is 4.79 Å². The van der Waals surface area contributed by atoms with Gasteiger partial charge in [0.25, 0.3) is 0 Å². The van der Waals surface area contributed by atoms with Gasteiger partial charge in [-0.3, -0.25) is 4.79 Å². The molecule has 0 fully saturated rings. The van der Waals surface area contributed by atoms with Crippen LogP contribution >= 0.6 is 9.24 Å². The Bertz CT molecular complexity index is 147. The van der Waals surface area contributed by atoms with E-state index in [1.807, 2.05) is 0 Å². The molecule has 0 aromatic carbocycles. The van der Waals surface area contributed by atoms with E-state index < -0.39 is 0 Å². The summed E-state index contributed by atoms with van der Waals surface area (Å²) < 4.78 is 10.3. The van der Waals surface area contributed by atoms with Crippen molar-refractivity contribution < 1.29 is 14.3 Å². The number of carbonyl (C=O) groups is 1. The summed E-state index contributed by atoms with van der Waals surface area (Å²) in [7, 11) is 2.36. The summed E-state index contributed by atoms with van der Waals surface area (Å²) in [6.45, 7) is 3.25. The molecule has 0 aliphatic rings. The first kappa shape index (κ1) is 13.8. The summed E-state index contributed by atoms with van der Waals surface area (Å²) in [6.07, 6.45) is 0.430. The van der Waals surface area contributed by atoms with Gasteiger partial charge in [-0.05, 0) is 0 Å². The molecule has 0 saturated heterocycles. The lowest BCUT2D eigenvalue weighted by molar-refractivity contribution is -0.118. The number of amides is 1. The van der Waals surface area contributed by atoms with E-state index in [1.165, 1.54) is 0 Å². The van der Waals surface area contributed by atoms with Crippen molar-refractivity contribution in [2.75, 3.05) is 45.7 Å². The lowest BCUT2D eigenvalue weighted by Gasteiger charge is -2.05. The molecule has 1 unspecified atom stereocenters. The summed E-state index contributed by atoms with van der Waals surface area (Å²) in [5.74, 6) is 0.0120.